The molecule has 2 unspecified atom stereocenters. The van der Waals surface area contributed by atoms with Gasteiger partial charge >= 0.3 is 0 Å². The van der Waals surface area contributed by atoms with Crippen LogP contribution in [0.3, 0.4) is 0 Å². The monoisotopic (exact) mass is 305 g/mol. The Kier molecular flexibility index (Phi) is 4.41. The fraction of sp³-hybridized carbons (Fsp3) is 0.375. The van der Waals surface area contributed by atoms with Gasteiger partial charge in [-0.3, -0.25) is 0 Å². The molecule has 0 fully saturated rings. The molecule has 0 spiro atoms. The highest BCUT2D eigenvalue weighted by atomic mass is 79.9. The summed E-state index contributed by atoms with van der Waals surface area (Å²) in [6.07, 6.45) is 1.18. The van der Waals surface area contributed by atoms with Gasteiger partial charge in [0.25, 0.3) is 0 Å². The number of hydrogen-bond donors (Lipinski definition) is 1. The van der Waals surface area contributed by atoms with Crippen LogP contribution in [0.2, 0.25) is 0 Å². The predicted octanol–water partition coefficient (Wildman–Crippen LogP) is 4.91. The summed E-state index contributed by atoms with van der Waals surface area (Å²) >= 11 is 3.52. The van der Waals surface area contributed by atoms with Crippen LogP contribution in [0.25, 0.3) is 10.8 Å². The van der Waals surface area contributed by atoms with E-state index in [1.54, 1.807) is 0 Å². The van der Waals surface area contributed by atoms with Crippen molar-refractivity contribution in [3.63, 3.8) is 0 Å². The summed E-state index contributed by atoms with van der Waals surface area (Å²) in [5.41, 5.74) is 1.38. The van der Waals surface area contributed by atoms with Crippen LogP contribution in [-0.4, -0.2) is 7.05 Å². The molecule has 0 aliphatic carbocycles. The van der Waals surface area contributed by atoms with Gasteiger partial charge < -0.3 is 5.32 Å². The van der Waals surface area contributed by atoms with E-state index in [0.717, 1.165) is 4.47 Å². The highest BCUT2D eigenvalue weighted by Gasteiger charge is 2.15. The molecule has 0 saturated carbocycles. The second-order valence-electron chi connectivity index (χ2n) is 4.90. The lowest BCUT2D eigenvalue weighted by atomic mass is 9.91. The highest BCUT2D eigenvalue weighted by Crippen LogP contribution is 2.28. The summed E-state index contributed by atoms with van der Waals surface area (Å²) < 4.78 is 1.13. The lowest BCUT2D eigenvalue weighted by molar-refractivity contribution is 0.401. The second kappa shape index (κ2) is 5.85. The van der Waals surface area contributed by atoms with Crippen LogP contribution in [0.1, 0.15) is 31.9 Å². The maximum atomic E-state index is 3.52. The molecule has 1 N–H and O–H groups in total. The normalized spacial score (nSPS) is 14.7. The molecule has 2 heteroatoms. The van der Waals surface area contributed by atoms with Gasteiger partial charge in [-0.2, -0.15) is 0 Å². The molecule has 0 aliphatic rings. The minimum Gasteiger partial charge on any atom is -0.313 e. The van der Waals surface area contributed by atoms with E-state index in [4.69, 9.17) is 0 Å². The SMILES string of the molecule is CCC(C)C(NC)c1ccc2cc(Br)ccc2c1. The van der Waals surface area contributed by atoms with Crippen molar-refractivity contribution >= 4 is 26.7 Å². The van der Waals surface area contributed by atoms with Gasteiger partial charge in [0.05, 0.1) is 0 Å². The maximum Gasteiger partial charge on any atom is 0.0343 e. The fourth-order valence-electron chi connectivity index (χ4n) is 2.44. The Labute approximate surface area is 118 Å². The Morgan fingerprint density at radius 3 is 2.44 bits per heavy atom. The van der Waals surface area contributed by atoms with E-state index in [0.29, 0.717) is 12.0 Å². The number of halogens is 1. The van der Waals surface area contributed by atoms with E-state index in [1.807, 2.05) is 7.05 Å². The van der Waals surface area contributed by atoms with Crippen LogP contribution < -0.4 is 5.32 Å². The van der Waals surface area contributed by atoms with Gasteiger partial charge in [-0.25, -0.2) is 0 Å². The van der Waals surface area contributed by atoms with Gasteiger partial charge in [-0.05, 0) is 47.5 Å². The van der Waals surface area contributed by atoms with E-state index in [-0.39, 0.29) is 0 Å². The van der Waals surface area contributed by atoms with Crippen LogP contribution in [-0.2, 0) is 0 Å². The van der Waals surface area contributed by atoms with Crippen LogP contribution >= 0.6 is 15.9 Å². The summed E-state index contributed by atoms with van der Waals surface area (Å²) in [7, 11) is 2.04. The highest BCUT2D eigenvalue weighted by molar-refractivity contribution is 9.10. The molecular weight excluding hydrogens is 286 g/mol. The first kappa shape index (κ1) is 13.6. The van der Waals surface area contributed by atoms with Gasteiger partial charge in [-0.1, -0.05) is 54.4 Å². The van der Waals surface area contributed by atoms with Gasteiger partial charge in [0.1, 0.15) is 0 Å². The number of rotatable bonds is 4. The topological polar surface area (TPSA) is 12.0 Å². The van der Waals surface area contributed by atoms with Crippen molar-refractivity contribution in [1.29, 1.82) is 0 Å². The summed E-state index contributed by atoms with van der Waals surface area (Å²) in [5, 5.41) is 6.03. The van der Waals surface area contributed by atoms with E-state index >= 15 is 0 Å². The lowest BCUT2D eigenvalue weighted by Gasteiger charge is -2.23. The molecule has 0 radical (unpaired) electrons. The third-order valence-corrected chi connectivity index (χ3v) is 4.20. The van der Waals surface area contributed by atoms with Gasteiger partial charge in [-0.15, -0.1) is 0 Å². The Morgan fingerprint density at radius 1 is 1.11 bits per heavy atom. The van der Waals surface area contributed by atoms with Crippen molar-refractivity contribution in [2.24, 2.45) is 5.92 Å². The molecule has 2 rings (SSSR count). The first-order valence-corrected chi connectivity index (χ1v) is 7.31. The molecule has 2 aromatic carbocycles. The van der Waals surface area contributed by atoms with E-state index in [2.05, 4.69) is 71.5 Å². The van der Waals surface area contributed by atoms with Gasteiger partial charge in [0.2, 0.25) is 0 Å². The number of nitrogens with one attached hydrogen (secondary N) is 1. The predicted molar refractivity (Wildman–Crippen MR) is 82.9 cm³/mol. The minimum atomic E-state index is 0.433. The smallest absolute Gasteiger partial charge is 0.0343 e. The summed E-state index contributed by atoms with van der Waals surface area (Å²) in [4.78, 5) is 0. The van der Waals surface area contributed by atoms with Crippen molar-refractivity contribution in [3.8, 4) is 0 Å². The fourth-order valence-corrected chi connectivity index (χ4v) is 2.82. The largest absolute Gasteiger partial charge is 0.313 e. The van der Waals surface area contributed by atoms with Crippen LogP contribution in [0.5, 0.6) is 0 Å². The standard InChI is InChI=1S/C16H20BrN/c1-4-11(2)16(18-3)14-6-5-13-10-15(17)8-7-12(13)9-14/h5-11,16,18H,4H2,1-3H3. The van der Waals surface area contributed by atoms with E-state index in [1.165, 1.54) is 22.8 Å². The first-order chi connectivity index (χ1) is 8.65. The van der Waals surface area contributed by atoms with Crippen LogP contribution in [0, 0.1) is 5.92 Å². The van der Waals surface area contributed by atoms with E-state index < -0.39 is 0 Å². The number of fused-ring (bicyclic) bond motifs is 1. The minimum absolute atomic E-state index is 0.433. The quantitative estimate of drug-likeness (QED) is 0.846. The molecular formula is C16H20BrN. The molecule has 2 aromatic rings. The summed E-state index contributed by atoms with van der Waals surface area (Å²) in [6.45, 7) is 4.54. The lowest BCUT2D eigenvalue weighted by Crippen LogP contribution is -2.22. The molecule has 0 bridgehead atoms. The van der Waals surface area contributed by atoms with Crippen molar-refractivity contribution < 1.29 is 0 Å². The molecule has 0 amide bonds. The number of hydrogen-bond acceptors (Lipinski definition) is 1. The van der Waals surface area contributed by atoms with Crippen LogP contribution in [0.15, 0.2) is 40.9 Å². The summed E-state index contributed by atoms with van der Waals surface area (Å²) in [6, 6.07) is 13.6. The number of benzene rings is 2. The van der Waals surface area contributed by atoms with Crippen molar-refractivity contribution in [2.75, 3.05) is 7.05 Å². The van der Waals surface area contributed by atoms with Crippen molar-refractivity contribution in [1.82, 2.24) is 5.32 Å². The molecule has 0 aliphatic heterocycles. The van der Waals surface area contributed by atoms with Crippen LogP contribution in [0.4, 0.5) is 0 Å². The third kappa shape index (κ3) is 2.76. The zero-order valence-corrected chi connectivity index (χ0v) is 12.8. The molecule has 1 nitrogen and oxygen atoms in total. The van der Waals surface area contributed by atoms with Gasteiger partial charge in [0, 0.05) is 10.5 Å². The van der Waals surface area contributed by atoms with Crippen molar-refractivity contribution in [2.45, 2.75) is 26.3 Å². The van der Waals surface area contributed by atoms with Crippen molar-refractivity contribution in [3.05, 3.63) is 46.4 Å². The van der Waals surface area contributed by atoms with Gasteiger partial charge in [0.15, 0.2) is 0 Å². The Bertz CT molecular complexity index is 536. The zero-order chi connectivity index (χ0) is 13.1. The first-order valence-electron chi connectivity index (χ1n) is 6.52. The molecule has 0 heterocycles. The Morgan fingerprint density at radius 2 is 1.78 bits per heavy atom. The second-order valence-corrected chi connectivity index (χ2v) is 5.82. The Hall–Kier alpha value is -0.860. The average Bonchev–Trinajstić information content (AvgIpc) is 2.39. The molecule has 0 saturated heterocycles. The average molecular weight is 306 g/mol. The Balaban J connectivity index is 2.42. The third-order valence-electron chi connectivity index (χ3n) is 3.71. The molecule has 2 atom stereocenters. The molecule has 96 valence electrons. The maximum absolute atomic E-state index is 3.52. The zero-order valence-electron chi connectivity index (χ0n) is 11.2. The molecule has 18 heavy (non-hydrogen) atoms. The molecule has 0 aromatic heterocycles. The summed E-state index contributed by atoms with van der Waals surface area (Å²) in [5.74, 6) is 0.642. The van der Waals surface area contributed by atoms with E-state index in [9.17, 15) is 0 Å².